The van der Waals surface area contributed by atoms with Gasteiger partial charge in [0.25, 0.3) is 0 Å². The summed E-state index contributed by atoms with van der Waals surface area (Å²) in [4.78, 5) is 9.99. The molecule has 0 aliphatic carbocycles. The molecule has 4 nitrogen and oxygen atoms in total. The van der Waals surface area contributed by atoms with Crippen molar-refractivity contribution in [2.24, 2.45) is 0 Å². The van der Waals surface area contributed by atoms with Gasteiger partial charge in [-0.3, -0.25) is 0 Å². The third-order valence-electron chi connectivity index (χ3n) is 1.21. The number of nitrogens with two attached hydrogens (primary N) is 1. The fraction of sp³-hybridized carbons (Fsp3) is 0.125. The number of hydrogen-bond donors (Lipinski definition) is 1. The van der Waals surface area contributed by atoms with Crippen molar-refractivity contribution < 1.29 is 14.6 Å². The molecule has 0 aromatic heterocycles. The summed E-state index contributed by atoms with van der Waals surface area (Å²) in [6.07, 6.45) is 0. The molecule has 0 aliphatic rings. The number of carboxylic acid groups (broad SMARTS) is 1. The molecule has 0 heterocycles. The van der Waals surface area contributed by atoms with E-state index in [9.17, 15) is 9.90 Å². The van der Waals surface area contributed by atoms with Crippen LogP contribution in [0.15, 0.2) is 24.3 Å². The van der Waals surface area contributed by atoms with E-state index in [1.165, 1.54) is 0 Å². The maximum Gasteiger partial charge on any atom is 0.128 e. The smallest absolute Gasteiger partial charge is 0.128 e. The maximum atomic E-state index is 9.99. The highest BCUT2D eigenvalue weighted by Gasteiger charge is 1.92. The molecule has 0 bridgehead atoms. The molecule has 0 radical (unpaired) electrons. The van der Waals surface area contributed by atoms with Crippen molar-refractivity contribution in [2.75, 3.05) is 12.3 Å². The topological polar surface area (TPSA) is 75.4 Å². The van der Waals surface area contributed by atoms with Gasteiger partial charge < -0.3 is 20.4 Å². The van der Waals surface area contributed by atoms with Gasteiger partial charge >= 0.3 is 0 Å². The van der Waals surface area contributed by atoms with Crippen molar-refractivity contribution in [3.05, 3.63) is 24.3 Å². The zero-order chi connectivity index (χ0) is 8.97. The van der Waals surface area contributed by atoms with Crippen molar-refractivity contribution in [3.8, 4) is 5.75 Å². The van der Waals surface area contributed by atoms with E-state index in [2.05, 4.69) is 0 Å². The van der Waals surface area contributed by atoms with Crippen LogP contribution in [0.25, 0.3) is 0 Å². The lowest BCUT2D eigenvalue weighted by Gasteiger charge is -2.06. The summed E-state index contributed by atoms with van der Waals surface area (Å²) in [5, 5.41) is 9.99. The zero-order valence-corrected chi connectivity index (χ0v) is 6.32. The molecule has 1 aromatic carbocycles. The van der Waals surface area contributed by atoms with Gasteiger partial charge in [0.05, 0.1) is 5.97 Å². The van der Waals surface area contributed by atoms with Crippen LogP contribution in [0, 0.1) is 0 Å². The Morgan fingerprint density at radius 2 is 2.33 bits per heavy atom. The minimum atomic E-state index is -1.25. The van der Waals surface area contributed by atoms with Crippen molar-refractivity contribution in [2.45, 2.75) is 0 Å². The largest absolute Gasteiger partial charge is 0.546 e. The quantitative estimate of drug-likeness (QED) is 0.608. The van der Waals surface area contributed by atoms with Gasteiger partial charge in [0.15, 0.2) is 0 Å². The molecular formula is C8H8NO3-. The molecule has 0 atom stereocenters. The SMILES string of the molecule is Nc1cccc(OCC(=O)[O-])c1. The second-order valence-corrected chi connectivity index (χ2v) is 2.23. The molecule has 1 aromatic rings. The fourth-order valence-electron chi connectivity index (χ4n) is 0.747. The van der Waals surface area contributed by atoms with E-state index in [0.29, 0.717) is 11.4 Å². The maximum absolute atomic E-state index is 9.99. The van der Waals surface area contributed by atoms with E-state index in [1.807, 2.05) is 0 Å². The molecule has 0 amide bonds. The lowest BCUT2D eigenvalue weighted by molar-refractivity contribution is -0.307. The molecule has 12 heavy (non-hydrogen) atoms. The van der Waals surface area contributed by atoms with Gasteiger partial charge in [0.1, 0.15) is 12.4 Å². The number of carbonyl (C=O) groups excluding carboxylic acids is 1. The molecule has 0 saturated heterocycles. The van der Waals surface area contributed by atoms with Crippen LogP contribution < -0.4 is 15.6 Å². The molecule has 64 valence electrons. The molecule has 4 heteroatoms. The predicted octanol–water partition coefficient (Wildman–Crippen LogP) is -0.603. The summed E-state index contributed by atoms with van der Waals surface area (Å²) in [7, 11) is 0. The van der Waals surface area contributed by atoms with Crippen LogP contribution in [0.5, 0.6) is 5.75 Å². The minimum Gasteiger partial charge on any atom is -0.546 e. The molecule has 2 N–H and O–H groups in total. The molecule has 0 aliphatic heterocycles. The third-order valence-corrected chi connectivity index (χ3v) is 1.21. The summed E-state index contributed by atoms with van der Waals surface area (Å²) in [5.74, 6) is -0.823. The van der Waals surface area contributed by atoms with E-state index >= 15 is 0 Å². The van der Waals surface area contributed by atoms with Crippen LogP contribution in [0.2, 0.25) is 0 Å². The van der Waals surface area contributed by atoms with Crippen LogP contribution in [0.1, 0.15) is 0 Å². The summed E-state index contributed by atoms with van der Waals surface area (Å²) >= 11 is 0. The highest BCUT2D eigenvalue weighted by molar-refractivity contribution is 5.66. The van der Waals surface area contributed by atoms with Crippen LogP contribution in [0.4, 0.5) is 5.69 Å². The molecule has 0 saturated carbocycles. The lowest BCUT2D eigenvalue weighted by Crippen LogP contribution is -2.28. The van der Waals surface area contributed by atoms with Gasteiger partial charge in [-0.25, -0.2) is 0 Å². The van der Waals surface area contributed by atoms with Crippen molar-refractivity contribution >= 4 is 11.7 Å². The van der Waals surface area contributed by atoms with Gasteiger partial charge in [-0.05, 0) is 12.1 Å². The number of ether oxygens (including phenoxy) is 1. The minimum absolute atomic E-state index is 0.430. The van der Waals surface area contributed by atoms with Gasteiger partial charge in [-0.1, -0.05) is 6.07 Å². The normalized spacial score (nSPS) is 9.33. The van der Waals surface area contributed by atoms with E-state index in [0.717, 1.165) is 0 Å². The first-order valence-corrected chi connectivity index (χ1v) is 3.36. The van der Waals surface area contributed by atoms with Crippen molar-refractivity contribution in [1.82, 2.24) is 0 Å². The molecular weight excluding hydrogens is 158 g/mol. The van der Waals surface area contributed by atoms with E-state index in [4.69, 9.17) is 10.5 Å². The number of rotatable bonds is 3. The predicted molar refractivity (Wildman–Crippen MR) is 41.4 cm³/mol. The van der Waals surface area contributed by atoms with Crippen molar-refractivity contribution in [3.63, 3.8) is 0 Å². The number of benzene rings is 1. The Balaban J connectivity index is 2.57. The summed E-state index contributed by atoms with van der Waals surface area (Å²) in [5.41, 5.74) is 5.96. The number of hydrogen-bond acceptors (Lipinski definition) is 4. The monoisotopic (exact) mass is 166 g/mol. The van der Waals surface area contributed by atoms with Gasteiger partial charge in [-0.2, -0.15) is 0 Å². The summed E-state index contributed by atoms with van der Waals surface area (Å²) < 4.78 is 4.81. The highest BCUT2D eigenvalue weighted by atomic mass is 16.5. The lowest BCUT2D eigenvalue weighted by atomic mass is 10.3. The first-order chi connectivity index (χ1) is 5.68. The Labute approximate surface area is 69.6 Å². The van der Waals surface area contributed by atoms with Crippen LogP contribution in [-0.2, 0) is 4.79 Å². The standard InChI is InChI=1S/C8H9NO3/c9-6-2-1-3-7(4-6)12-5-8(10)11/h1-4H,5,9H2,(H,10,11)/p-1. The Bertz CT molecular complexity index is 285. The van der Waals surface area contributed by atoms with E-state index in [-0.39, 0.29) is 0 Å². The second kappa shape index (κ2) is 3.61. The molecule has 0 spiro atoms. The molecule has 0 fully saturated rings. The Morgan fingerprint density at radius 1 is 1.58 bits per heavy atom. The number of aliphatic carboxylic acids is 1. The first kappa shape index (κ1) is 8.39. The van der Waals surface area contributed by atoms with Crippen LogP contribution in [-0.4, -0.2) is 12.6 Å². The number of carboxylic acids is 1. The van der Waals surface area contributed by atoms with Crippen molar-refractivity contribution in [1.29, 1.82) is 0 Å². The van der Waals surface area contributed by atoms with Gasteiger partial charge in [0, 0.05) is 11.8 Å². The fourth-order valence-corrected chi connectivity index (χ4v) is 0.747. The third kappa shape index (κ3) is 2.49. The first-order valence-electron chi connectivity index (χ1n) is 3.36. The summed E-state index contributed by atoms with van der Waals surface area (Å²) in [6, 6.07) is 6.54. The molecule has 0 unspecified atom stereocenters. The average Bonchev–Trinajstić information content (AvgIpc) is 2.01. The van der Waals surface area contributed by atoms with Gasteiger partial charge in [0.2, 0.25) is 0 Å². The van der Waals surface area contributed by atoms with E-state index < -0.39 is 12.6 Å². The summed E-state index contributed by atoms with van der Waals surface area (Å²) in [6.45, 7) is -0.455. The second-order valence-electron chi connectivity index (χ2n) is 2.23. The number of anilines is 1. The Morgan fingerprint density at radius 3 is 2.92 bits per heavy atom. The Kier molecular flexibility index (Phi) is 2.53. The highest BCUT2D eigenvalue weighted by Crippen LogP contribution is 2.13. The average molecular weight is 166 g/mol. The number of nitrogen functional groups attached to an aromatic ring is 1. The van der Waals surface area contributed by atoms with Gasteiger partial charge in [-0.15, -0.1) is 0 Å². The van der Waals surface area contributed by atoms with E-state index in [1.54, 1.807) is 24.3 Å². The van der Waals surface area contributed by atoms with Crippen LogP contribution >= 0.6 is 0 Å². The zero-order valence-electron chi connectivity index (χ0n) is 6.32. The van der Waals surface area contributed by atoms with Crippen LogP contribution in [0.3, 0.4) is 0 Å². The number of carbonyl (C=O) groups is 1. The Hall–Kier alpha value is -1.71. The molecule has 1 rings (SSSR count).